The van der Waals surface area contributed by atoms with E-state index >= 15 is 0 Å². The monoisotopic (exact) mass is 290 g/mol. The Kier molecular flexibility index (Phi) is 6.75. The van der Waals surface area contributed by atoms with Crippen molar-refractivity contribution in [2.45, 2.75) is 19.8 Å². The van der Waals surface area contributed by atoms with Crippen LogP contribution in [0.25, 0.3) is 0 Å². The third kappa shape index (κ3) is 6.43. The highest BCUT2D eigenvalue weighted by Gasteiger charge is 2.12. The van der Waals surface area contributed by atoms with E-state index in [0.717, 1.165) is 0 Å². The fourth-order valence-corrected chi connectivity index (χ4v) is 1.69. The molecular weight excluding hydrogens is 272 g/mol. The number of rotatable bonds is 8. The lowest BCUT2D eigenvalue weighted by Gasteiger charge is -2.13. The number of carboxylic acid groups (broad SMARTS) is 1. The molecule has 0 spiro atoms. The molecule has 1 atom stereocenters. The maximum atomic E-state index is 11.6. The van der Waals surface area contributed by atoms with Crippen molar-refractivity contribution in [2.24, 2.45) is 5.92 Å². The smallest absolute Gasteiger partial charge is 0.303 e. The van der Waals surface area contributed by atoms with Crippen molar-refractivity contribution in [3.05, 3.63) is 29.8 Å². The molecule has 0 radical (unpaired) electrons. The molecule has 0 bridgehead atoms. The van der Waals surface area contributed by atoms with Gasteiger partial charge >= 0.3 is 5.97 Å². The molecule has 1 aromatic rings. The van der Waals surface area contributed by atoms with Crippen LogP contribution in [0.4, 0.5) is 0 Å². The maximum absolute atomic E-state index is 11.6. The van der Waals surface area contributed by atoms with E-state index in [1.165, 1.54) is 0 Å². The summed E-state index contributed by atoms with van der Waals surface area (Å²) in [4.78, 5) is 22.2. The molecule has 0 aliphatic heterocycles. The van der Waals surface area contributed by atoms with E-state index in [4.69, 9.17) is 15.1 Å². The van der Waals surface area contributed by atoms with E-state index in [9.17, 15) is 9.59 Å². The van der Waals surface area contributed by atoms with E-state index in [0.29, 0.717) is 24.3 Å². The molecule has 1 aromatic carbocycles. The summed E-state index contributed by atoms with van der Waals surface area (Å²) in [7, 11) is 0. The van der Waals surface area contributed by atoms with Crippen LogP contribution in [-0.2, 0) is 9.59 Å². The second-order valence-corrected chi connectivity index (χ2v) is 4.60. The number of nitriles is 1. The van der Waals surface area contributed by atoms with Crippen LogP contribution in [0.3, 0.4) is 0 Å². The molecule has 1 amide bonds. The van der Waals surface area contributed by atoms with Crippen LogP contribution in [0.2, 0.25) is 0 Å². The number of nitrogens with one attached hydrogen (secondary N) is 1. The van der Waals surface area contributed by atoms with Gasteiger partial charge in [-0.25, -0.2) is 0 Å². The Morgan fingerprint density at radius 2 is 2.05 bits per heavy atom. The van der Waals surface area contributed by atoms with Crippen LogP contribution < -0.4 is 10.1 Å². The van der Waals surface area contributed by atoms with Gasteiger partial charge in [-0.05, 0) is 30.2 Å². The Bertz CT molecular complexity index is 519. The number of carbonyl (C=O) groups is 2. The van der Waals surface area contributed by atoms with Crippen LogP contribution in [0.5, 0.6) is 5.75 Å². The molecule has 0 aliphatic rings. The van der Waals surface area contributed by atoms with Crippen molar-refractivity contribution in [1.29, 1.82) is 5.26 Å². The van der Waals surface area contributed by atoms with E-state index < -0.39 is 5.97 Å². The Balaban J connectivity index is 2.33. The standard InChI is InChI=1S/C15H18N2O4/c1-2-11(7-15(19)20)9-17-14(18)10-21-13-5-3-12(8-16)4-6-13/h3-6,11H,2,7,9-10H2,1H3,(H,17,18)(H,19,20). The van der Waals surface area contributed by atoms with Crippen LogP contribution in [0.15, 0.2) is 24.3 Å². The van der Waals surface area contributed by atoms with Crippen molar-refractivity contribution >= 4 is 11.9 Å². The molecule has 0 heterocycles. The molecule has 0 saturated carbocycles. The van der Waals surface area contributed by atoms with Gasteiger partial charge in [-0.1, -0.05) is 13.3 Å². The van der Waals surface area contributed by atoms with E-state index in [1.54, 1.807) is 24.3 Å². The average Bonchev–Trinajstić information content (AvgIpc) is 2.49. The summed E-state index contributed by atoms with van der Waals surface area (Å²) in [5.74, 6) is -0.754. The quantitative estimate of drug-likeness (QED) is 0.756. The summed E-state index contributed by atoms with van der Waals surface area (Å²) in [5.41, 5.74) is 0.520. The van der Waals surface area contributed by atoms with Crippen molar-refractivity contribution in [2.75, 3.05) is 13.2 Å². The predicted octanol–water partition coefficient (Wildman–Crippen LogP) is 1.55. The minimum absolute atomic E-state index is 0.0350. The zero-order valence-electron chi connectivity index (χ0n) is 11.8. The number of benzene rings is 1. The Morgan fingerprint density at radius 3 is 2.57 bits per heavy atom. The van der Waals surface area contributed by atoms with Crippen molar-refractivity contribution < 1.29 is 19.4 Å². The van der Waals surface area contributed by atoms with Gasteiger partial charge in [-0.15, -0.1) is 0 Å². The third-order valence-electron chi connectivity index (χ3n) is 2.98. The largest absolute Gasteiger partial charge is 0.484 e. The molecule has 1 unspecified atom stereocenters. The zero-order chi connectivity index (χ0) is 15.7. The van der Waals surface area contributed by atoms with Gasteiger partial charge in [0.15, 0.2) is 6.61 Å². The van der Waals surface area contributed by atoms with E-state index in [-0.39, 0.29) is 24.9 Å². The fraction of sp³-hybridized carbons (Fsp3) is 0.400. The number of hydrogen-bond donors (Lipinski definition) is 2. The van der Waals surface area contributed by atoms with Gasteiger partial charge < -0.3 is 15.2 Å². The molecule has 0 saturated heterocycles. The van der Waals surface area contributed by atoms with Crippen LogP contribution in [0, 0.1) is 17.2 Å². The van der Waals surface area contributed by atoms with Crippen molar-refractivity contribution in [3.63, 3.8) is 0 Å². The lowest BCUT2D eigenvalue weighted by Crippen LogP contribution is -2.33. The number of carboxylic acids is 1. The topological polar surface area (TPSA) is 99.4 Å². The Morgan fingerprint density at radius 1 is 1.38 bits per heavy atom. The van der Waals surface area contributed by atoms with Gasteiger partial charge in [-0.3, -0.25) is 9.59 Å². The number of aliphatic carboxylic acids is 1. The van der Waals surface area contributed by atoms with E-state index in [2.05, 4.69) is 5.32 Å². The van der Waals surface area contributed by atoms with Gasteiger partial charge in [0.05, 0.1) is 11.6 Å². The first-order chi connectivity index (χ1) is 10.0. The molecule has 0 aliphatic carbocycles. The summed E-state index contributed by atoms with van der Waals surface area (Å²) < 4.78 is 5.28. The first kappa shape index (κ1) is 16.5. The number of carbonyl (C=O) groups excluding carboxylic acids is 1. The van der Waals surface area contributed by atoms with Crippen molar-refractivity contribution in [1.82, 2.24) is 5.32 Å². The highest BCUT2D eigenvalue weighted by Crippen LogP contribution is 2.11. The fourth-order valence-electron chi connectivity index (χ4n) is 1.69. The van der Waals surface area contributed by atoms with Crippen LogP contribution >= 0.6 is 0 Å². The molecule has 2 N–H and O–H groups in total. The second-order valence-electron chi connectivity index (χ2n) is 4.60. The van der Waals surface area contributed by atoms with E-state index in [1.807, 2.05) is 13.0 Å². The second kappa shape index (κ2) is 8.59. The van der Waals surface area contributed by atoms with Gasteiger partial charge in [0.1, 0.15) is 5.75 Å². The molecule has 6 heteroatoms. The molecule has 0 aromatic heterocycles. The van der Waals surface area contributed by atoms with Crippen LogP contribution in [0.1, 0.15) is 25.3 Å². The van der Waals surface area contributed by atoms with Gasteiger partial charge in [-0.2, -0.15) is 5.26 Å². The molecule has 0 fully saturated rings. The molecular formula is C15H18N2O4. The average molecular weight is 290 g/mol. The summed E-state index contributed by atoms with van der Waals surface area (Å²) in [6.45, 7) is 2.06. The number of ether oxygens (including phenoxy) is 1. The first-order valence-electron chi connectivity index (χ1n) is 6.66. The predicted molar refractivity (Wildman–Crippen MR) is 75.7 cm³/mol. The SMILES string of the molecule is CCC(CNC(=O)COc1ccc(C#N)cc1)CC(=O)O. The summed E-state index contributed by atoms with van der Waals surface area (Å²) in [6.07, 6.45) is 0.719. The molecule has 6 nitrogen and oxygen atoms in total. The normalized spacial score (nSPS) is 11.2. The van der Waals surface area contributed by atoms with Gasteiger partial charge in [0.25, 0.3) is 5.91 Å². The molecule has 1 rings (SSSR count). The Hall–Kier alpha value is -2.55. The summed E-state index contributed by atoms with van der Waals surface area (Å²) in [6, 6.07) is 8.43. The summed E-state index contributed by atoms with van der Waals surface area (Å²) >= 11 is 0. The first-order valence-corrected chi connectivity index (χ1v) is 6.66. The molecule has 112 valence electrons. The third-order valence-corrected chi connectivity index (χ3v) is 2.98. The number of nitrogens with zero attached hydrogens (tertiary/aromatic N) is 1. The summed E-state index contributed by atoms with van der Waals surface area (Å²) in [5, 5.41) is 20.0. The minimum Gasteiger partial charge on any atom is -0.484 e. The molecule has 21 heavy (non-hydrogen) atoms. The highest BCUT2D eigenvalue weighted by atomic mass is 16.5. The number of hydrogen-bond acceptors (Lipinski definition) is 4. The highest BCUT2D eigenvalue weighted by molar-refractivity contribution is 5.77. The number of amides is 1. The van der Waals surface area contributed by atoms with Crippen molar-refractivity contribution in [3.8, 4) is 11.8 Å². The maximum Gasteiger partial charge on any atom is 0.303 e. The van der Waals surface area contributed by atoms with Gasteiger partial charge in [0, 0.05) is 13.0 Å². The lowest BCUT2D eigenvalue weighted by atomic mass is 10.0. The Labute approximate surface area is 123 Å². The zero-order valence-corrected chi connectivity index (χ0v) is 11.8. The lowest BCUT2D eigenvalue weighted by molar-refractivity contribution is -0.138. The minimum atomic E-state index is -0.870. The van der Waals surface area contributed by atoms with Gasteiger partial charge in [0.2, 0.25) is 0 Å². The van der Waals surface area contributed by atoms with Crippen LogP contribution in [-0.4, -0.2) is 30.1 Å².